The maximum Gasteiger partial charge on any atom is 0.129 e. The van der Waals surface area contributed by atoms with Crippen LogP contribution in [-0.2, 0) is 0 Å². The lowest BCUT2D eigenvalue weighted by Gasteiger charge is -2.02. The van der Waals surface area contributed by atoms with E-state index in [4.69, 9.17) is 23.2 Å². The molecule has 0 saturated heterocycles. The predicted molar refractivity (Wildman–Crippen MR) is 56.5 cm³/mol. The van der Waals surface area contributed by atoms with Crippen LogP contribution in [0.4, 0.5) is 0 Å². The summed E-state index contributed by atoms with van der Waals surface area (Å²) in [4.78, 5) is 4.22. The van der Waals surface area contributed by atoms with Crippen molar-refractivity contribution in [2.75, 3.05) is 0 Å². The summed E-state index contributed by atoms with van der Waals surface area (Å²) in [5, 5.41) is 2.28. The molecule has 1 heterocycles. The standard InChI is InChI=1S/C10H7Cl2N/c1-6-8(11)4-2-7-3-5-9(12)13-10(6)7/h2-5H,1H3. The molecule has 1 aromatic carbocycles. The van der Waals surface area contributed by atoms with Crippen LogP contribution < -0.4 is 0 Å². The first kappa shape index (κ1) is 8.79. The monoisotopic (exact) mass is 211 g/mol. The predicted octanol–water partition coefficient (Wildman–Crippen LogP) is 3.85. The van der Waals surface area contributed by atoms with E-state index in [-0.39, 0.29) is 0 Å². The van der Waals surface area contributed by atoms with Crippen LogP contribution in [-0.4, -0.2) is 4.98 Å². The maximum absolute atomic E-state index is 5.96. The Balaban J connectivity index is 2.89. The molecular weight excluding hydrogens is 205 g/mol. The minimum absolute atomic E-state index is 0.498. The molecular formula is C10H7Cl2N. The maximum atomic E-state index is 5.96. The van der Waals surface area contributed by atoms with Crippen LogP contribution in [0.2, 0.25) is 10.2 Å². The van der Waals surface area contributed by atoms with Gasteiger partial charge in [-0.15, -0.1) is 0 Å². The fourth-order valence-electron chi connectivity index (χ4n) is 1.28. The second kappa shape index (κ2) is 3.17. The topological polar surface area (TPSA) is 12.9 Å². The highest BCUT2D eigenvalue weighted by Gasteiger charge is 2.02. The summed E-state index contributed by atoms with van der Waals surface area (Å²) in [7, 11) is 0. The fraction of sp³-hybridized carbons (Fsp3) is 0.100. The van der Waals surface area contributed by atoms with Crippen LogP contribution in [0.25, 0.3) is 10.9 Å². The summed E-state index contributed by atoms with van der Waals surface area (Å²) in [5.74, 6) is 0. The van der Waals surface area contributed by atoms with Crippen molar-refractivity contribution in [1.82, 2.24) is 4.98 Å². The van der Waals surface area contributed by atoms with Crippen molar-refractivity contribution >= 4 is 34.1 Å². The highest BCUT2D eigenvalue weighted by Crippen LogP contribution is 2.24. The molecule has 2 rings (SSSR count). The van der Waals surface area contributed by atoms with Crippen molar-refractivity contribution in [3.8, 4) is 0 Å². The van der Waals surface area contributed by atoms with Crippen molar-refractivity contribution in [2.24, 2.45) is 0 Å². The molecule has 0 fully saturated rings. The smallest absolute Gasteiger partial charge is 0.129 e. The third kappa shape index (κ3) is 1.50. The molecule has 1 aromatic heterocycles. The molecule has 0 aliphatic carbocycles. The largest absolute Gasteiger partial charge is 0.236 e. The van der Waals surface area contributed by atoms with E-state index < -0.39 is 0 Å². The first-order chi connectivity index (χ1) is 6.18. The molecule has 0 N–H and O–H groups in total. The van der Waals surface area contributed by atoms with E-state index in [1.165, 1.54) is 0 Å². The number of hydrogen-bond acceptors (Lipinski definition) is 1. The quantitative estimate of drug-likeness (QED) is 0.604. The Kier molecular flexibility index (Phi) is 2.14. The zero-order valence-corrected chi connectivity index (χ0v) is 8.52. The van der Waals surface area contributed by atoms with E-state index in [1.54, 1.807) is 6.07 Å². The minimum atomic E-state index is 0.498. The van der Waals surface area contributed by atoms with Crippen LogP contribution in [0.3, 0.4) is 0 Å². The van der Waals surface area contributed by atoms with E-state index in [0.29, 0.717) is 5.15 Å². The van der Waals surface area contributed by atoms with Crippen LogP contribution in [0.5, 0.6) is 0 Å². The summed E-state index contributed by atoms with van der Waals surface area (Å²) >= 11 is 11.7. The van der Waals surface area contributed by atoms with Gasteiger partial charge in [0.2, 0.25) is 0 Å². The van der Waals surface area contributed by atoms with E-state index in [9.17, 15) is 0 Å². The minimum Gasteiger partial charge on any atom is -0.236 e. The van der Waals surface area contributed by atoms with E-state index in [2.05, 4.69) is 4.98 Å². The average molecular weight is 212 g/mol. The Morgan fingerprint density at radius 2 is 1.77 bits per heavy atom. The Morgan fingerprint density at radius 3 is 2.54 bits per heavy atom. The molecule has 13 heavy (non-hydrogen) atoms. The van der Waals surface area contributed by atoms with Gasteiger partial charge in [0.15, 0.2) is 0 Å². The molecule has 0 aliphatic rings. The van der Waals surface area contributed by atoms with Crippen molar-refractivity contribution in [3.63, 3.8) is 0 Å². The first-order valence-electron chi connectivity index (χ1n) is 3.90. The Morgan fingerprint density at radius 1 is 1.08 bits per heavy atom. The van der Waals surface area contributed by atoms with Crippen molar-refractivity contribution in [3.05, 3.63) is 40.0 Å². The molecule has 66 valence electrons. The van der Waals surface area contributed by atoms with Crippen LogP contribution in [0.15, 0.2) is 24.3 Å². The molecule has 0 bridgehead atoms. The lowest BCUT2D eigenvalue weighted by atomic mass is 10.1. The number of nitrogens with zero attached hydrogens (tertiary/aromatic N) is 1. The van der Waals surface area contributed by atoms with Gasteiger partial charge in [-0.05, 0) is 30.7 Å². The molecule has 0 atom stereocenters. The number of aromatic nitrogens is 1. The van der Waals surface area contributed by atoms with E-state index in [1.807, 2.05) is 25.1 Å². The number of fused-ring (bicyclic) bond motifs is 1. The first-order valence-corrected chi connectivity index (χ1v) is 4.65. The van der Waals surface area contributed by atoms with Crippen molar-refractivity contribution < 1.29 is 0 Å². The summed E-state index contributed by atoms with van der Waals surface area (Å²) in [5.41, 5.74) is 1.85. The summed E-state index contributed by atoms with van der Waals surface area (Å²) in [6.45, 7) is 1.94. The van der Waals surface area contributed by atoms with Gasteiger partial charge in [0.1, 0.15) is 5.15 Å². The number of hydrogen-bond donors (Lipinski definition) is 0. The van der Waals surface area contributed by atoms with Gasteiger partial charge in [0, 0.05) is 10.4 Å². The van der Waals surface area contributed by atoms with Gasteiger partial charge in [-0.2, -0.15) is 0 Å². The second-order valence-corrected chi connectivity index (χ2v) is 3.67. The number of halogens is 2. The molecule has 0 spiro atoms. The van der Waals surface area contributed by atoms with Gasteiger partial charge in [0.05, 0.1) is 5.52 Å². The van der Waals surface area contributed by atoms with Gasteiger partial charge < -0.3 is 0 Å². The zero-order valence-electron chi connectivity index (χ0n) is 7.01. The number of aryl methyl sites for hydroxylation is 1. The van der Waals surface area contributed by atoms with E-state index >= 15 is 0 Å². The summed E-state index contributed by atoms with van der Waals surface area (Å²) < 4.78 is 0. The number of rotatable bonds is 0. The molecule has 0 unspecified atom stereocenters. The van der Waals surface area contributed by atoms with E-state index in [0.717, 1.165) is 21.5 Å². The highest BCUT2D eigenvalue weighted by atomic mass is 35.5. The molecule has 1 nitrogen and oxygen atoms in total. The molecule has 2 aromatic rings. The number of pyridine rings is 1. The summed E-state index contributed by atoms with van der Waals surface area (Å²) in [6.07, 6.45) is 0. The lowest BCUT2D eigenvalue weighted by molar-refractivity contribution is 1.37. The number of benzene rings is 1. The SMILES string of the molecule is Cc1c(Cl)ccc2ccc(Cl)nc12. The highest BCUT2D eigenvalue weighted by molar-refractivity contribution is 6.32. The van der Waals surface area contributed by atoms with Crippen LogP contribution in [0, 0.1) is 6.92 Å². The third-order valence-electron chi connectivity index (χ3n) is 2.02. The molecule has 0 aliphatic heterocycles. The molecule has 3 heteroatoms. The van der Waals surface area contributed by atoms with Crippen molar-refractivity contribution in [2.45, 2.75) is 6.92 Å². The molecule has 0 saturated carbocycles. The molecule has 0 amide bonds. The fourth-order valence-corrected chi connectivity index (χ4v) is 1.58. The third-order valence-corrected chi connectivity index (χ3v) is 2.64. The Hall–Kier alpha value is -0.790. The lowest BCUT2D eigenvalue weighted by Crippen LogP contribution is -1.84. The zero-order chi connectivity index (χ0) is 9.42. The van der Waals surface area contributed by atoms with Crippen LogP contribution in [0.1, 0.15) is 5.56 Å². The van der Waals surface area contributed by atoms with Crippen molar-refractivity contribution in [1.29, 1.82) is 0 Å². The van der Waals surface area contributed by atoms with Gasteiger partial charge in [-0.1, -0.05) is 29.3 Å². The van der Waals surface area contributed by atoms with Gasteiger partial charge in [0.25, 0.3) is 0 Å². The second-order valence-electron chi connectivity index (χ2n) is 2.88. The Labute approximate surface area is 86.3 Å². The van der Waals surface area contributed by atoms with Gasteiger partial charge in [-0.25, -0.2) is 4.98 Å². The molecule has 0 radical (unpaired) electrons. The Bertz CT molecular complexity index is 460. The van der Waals surface area contributed by atoms with Gasteiger partial charge in [-0.3, -0.25) is 0 Å². The average Bonchev–Trinajstić information content (AvgIpc) is 2.12. The summed E-state index contributed by atoms with van der Waals surface area (Å²) in [6, 6.07) is 7.52. The van der Waals surface area contributed by atoms with Gasteiger partial charge >= 0.3 is 0 Å². The normalized spacial score (nSPS) is 10.7. The van der Waals surface area contributed by atoms with Crippen LogP contribution >= 0.6 is 23.2 Å².